The Morgan fingerprint density at radius 3 is 2.24 bits per heavy atom. The van der Waals surface area contributed by atoms with E-state index < -0.39 is 5.41 Å². The molecule has 0 radical (unpaired) electrons. The highest BCUT2D eigenvalue weighted by Gasteiger charge is 2.30. The van der Waals surface area contributed by atoms with Crippen LogP contribution in [0.4, 0.5) is 5.69 Å². The molecule has 0 aromatic heterocycles. The van der Waals surface area contributed by atoms with E-state index in [2.05, 4.69) is 36.5 Å². The predicted octanol–water partition coefficient (Wildman–Crippen LogP) is 7.04. The van der Waals surface area contributed by atoms with Crippen molar-refractivity contribution in [2.24, 2.45) is 0 Å². The molecule has 0 spiro atoms. The zero-order valence-corrected chi connectivity index (χ0v) is 19.7. The molecule has 0 saturated heterocycles. The van der Waals surface area contributed by atoms with E-state index in [0.717, 1.165) is 22.4 Å². The van der Waals surface area contributed by atoms with Crippen LogP contribution in [0.2, 0.25) is 0 Å². The quantitative estimate of drug-likeness (QED) is 0.371. The first kappa shape index (κ1) is 22.9. The lowest BCUT2D eigenvalue weighted by molar-refractivity contribution is -0.120. The van der Waals surface area contributed by atoms with Crippen molar-refractivity contribution in [2.75, 3.05) is 5.32 Å². The maximum absolute atomic E-state index is 13.1. The molecule has 4 rings (SSSR count). The summed E-state index contributed by atoms with van der Waals surface area (Å²) in [6.45, 7) is 5.68. The van der Waals surface area contributed by atoms with Gasteiger partial charge in [-0.1, -0.05) is 55.7 Å². The number of hydrogen-bond acceptors (Lipinski definition) is 3. The minimum absolute atomic E-state index is 0.185. The monoisotopic (exact) mass is 443 g/mol. The van der Waals surface area contributed by atoms with Crippen LogP contribution in [-0.4, -0.2) is 16.1 Å². The number of phenolic OH excluding ortho intramolecular Hbond substituents is 2. The van der Waals surface area contributed by atoms with Crippen LogP contribution >= 0.6 is 0 Å². The van der Waals surface area contributed by atoms with Gasteiger partial charge in [-0.25, -0.2) is 0 Å². The van der Waals surface area contributed by atoms with E-state index in [9.17, 15) is 15.0 Å². The van der Waals surface area contributed by atoms with Gasteiger partial charge in [0.1, 0.15) is 0 Å². The van der Waals surface area contributed by atoms with Crippen LogP contribution in [0.3, 0.4) is 0 Å². The number of carbonyl (C=O) groups excluding carboxylic acids is 1. The Bertz CT molecular complexity index is 1140. The topological polar surface area (TPSA) is 69.6 Å². The van der Waals surface area contributed by atoms with Crippen LogP contribution < -0.4 is 5.32 Å². The molecular weight excluding hydrogens is 410 g/mol. The van der Waals surface area contributed by atoms with E-state index in [1.807, 2.05) is 18.2 Å². The second-order valence-corrected chi connectivity index (χ2v) is 9.77. The zero-order valence-electron chi connectivity index (χ0n) is 19.7. The molecule has 1 amide bonds. The summed E-state index contributed by atoms with van der Waals surface area (Å²) in [6.07, 6.45) is 6.58. The van der Waals surface area contributed by atoms with Crippen molar-refractivity contribution < 1.29 is 15.0 Å². The maximum Gasteiger partial charge on any atom is 0.234 e. The number of aryl methyl sites for hydroxylation is 1. The van der Waals surface area contributed by atoms with Crippen LogP contribution in [0.1, 0.15) is 68.6 Å². The van der Waals surface area contributed by atoms with Crippen molar-refractivity contribution in [2.45, 2.75) is 64.2 Å². The van der Waals surface area contributed by atoms with Gasteiger partial charge in [0.2, 0.25) is 5.91 Å². The Morgan fingerprint density at radius 2 is 1.58 bits per heavy atom. The number of hydrogen-bond donors (Lipinski definition) is 3. The van der Waals surface area contributed by atoms with Crippen molar-refractivity contribution in [1.29, 1.82) is 0 Å². The summed E-state index contributed by atoms with van der Waals surface area (Å²) in [5.74, 6) is 0.0615. The van der Waals surface area contributed by atoms with Crippen molar-refractivity contribution in [3.8, 4) is 22.6 Å². The number of aromatic hydroxyl groups is 2. The predicted molar refractivity (Wildman–Crippen MR) is 134 cm³/mol. The third kappa shape index (κ3) is 4.90. The molecular formula is C29H33NO3. The number of rotatable bonds is 5. The smallest absolute Gasteiger partial charge is 0.234 e. The summed E-state index contributed by atoms with van der Waals surface area (Å²) in [5.41, 5.74) is 5.29. The molecule has 3 aromatic carbocycles. The third-order valence-corrected chi connectivity index (χ3v) is 7.06. The molecule has 1 aliphatic rings. The molecule has 0 atom stereocenters. The van der Waals surface area contributed by atoms with Gasteiger partial charge in [-0.15, -0.1) is 0 Å². The number of benzene rings is 3. The van der Waals surface area contributed by atoms with Gasteiger partial charge in [0.05, 0.1) is 5.41 Å². The van der Waals surface area contributed by atoms with E-state index >= 15 is 0 Å². The van der Waals surface area contributed by atoms with Crippen LogP contribution in [0, 0.1) is 6.92 Å². The summed E-state index contributed by atoms with van der Waals surface area (Å²) < 4.78 is 0. The molecule has 4 heteroatoms. The number of phenols is 2. The van der Waals surface area contributed by atoms with Crippen LogP contribution in [0.15, 0.2) is 60.7 Å². The summed E-state index contributed by atoms with van der Waals surface area (Å²) in [7, 11) is 0. The third-order valence-electron chi connectivity index (χ3n) is 7.06. The highest BCUT2D eigenvalue weighted by molar-refractivity contribution is 5.99. The molecule has 3 aromatic rings. The van der Waals surface area contributed by atoms with Gasteiger partial charge in [0.15, 0.2) is 11.5 Å². The van der Waals surface area contributed by atoms with Gasteiger partial charge in [0.25, 0.3) is 0 Å². The van der Waals surface area contributed by atoms with Gasteiger partial charge < -0.3 is 15.5 Å². The maximum atomic E-state index is 13.1. The van der Waals surface area contributed by atoms with Gasteiger partial charge in [-0.3, -0.25) is 4.79 Å². The molecule has 3 N–H and O–H groups in total. The highest BCUT2D eigenvalue weighted by atomic mass is 16.3. The van der Waals surface area contributed by atoms with Crippen LogP contribution in [0.5, 0.6) is 11.5 Å². The van der Waals surface area contributed by atoms with E-state index in [4.69, 9.17) is 0 Å². The largest absolute Gasteiger partial charge is 0.504 e. The fourth-order valence-corrected chi connectivity index (χ4v) is 4.71. The average molecular weight is 444 g/mol. The Kier molecular flexibility index (Phi) is 6.46. The van der Waals surface area contributed by atoms with Crippen LogP contribution in [0.25, 0.3) is 11.1 Å². The lowest BCUT2D eigenvalue weighted by Crippen LogP contribution is -2.34. The van der Waals surface area contributed by atoms with Gasteiger partial charge in [-0.2, -0.15) is 0 Å². The average Bonchev–Trinajstić information content (AvgIpc) is 2.82. The number of carbonyl (C=O) groups is 1. The highest BCUT2D eigenvalue weighted by Crippen LogP contribution is 2.35. The molecule has 0 bridgehead atoms. The Hall–Kier alpha value is -3.27. The Balaban J connectivity index is 1.54. The summed E-state index contributed by atoms with van der Waals surface area (Å²) in [6, 6.07) is 19.4. The number of amides is 1. The number of nitrogens with one attached hydrogen (secondary N) is 1. The van der Waals surface area contributed by atoms with E-state index in [0.29, 0.717) is 11.5 Å². The first-order chi connectivity index (χ1) is 15.8. The van der Waals surface area contributed by atoms with Gasteiger partial charge >= 0.3 is 0 Å². The molecule has 0 heterocycles. The summed E-state index contributed by atoms with van der Waals surface area (Å²) in [4.78, 5) is 13.1. The molecule has 172 valence electrons. The molecule has 1 saturated carbocycles. The standard InChI is InChI=1S/C29H33NO3/c1-19-9-15-24(30-28(33)29(2,3)23-14-16-26(31)27(32)17-23)18-25(19)22-12-10-21(11-13-22)20-7-5-4-6-8-20/h9-18,20,31-32H,4-8H2,1-3H3,(H,30,33). The van der Waals surface area contributed by atoms with Crippen LogP contribution in [-0.2, 0) is 10.2 Å². The van der Waals surface area contributed by atoms with Crippen molar-refractivity contribution in [3.05, 3.63) is 77.4 Å². The lowest BCUT2D eigenvalue weighted by atomic mass is 9.83. The Labute approximate surface area is 196 Å². The molecule has 33 heavy (non-hydrogen) atoms. The molecule has 4 nitrogen and oxygen atoms in total. The SMILES string of the molecule is Cc1ccc(NC(=O)C(C)(C)c2ccc(O)c(O)c2)cc1-c1ccc(C2CCCCC2)cc1. The lowest BCUT2D eigenvalue weighted by Gasteiger charge is -2.25. The second-order valence-electron chi connectivity index (χ2n) is 9.77. The fourth-order valence-electron chi connectivity index (χ4n) is 4.71. The first-order valence-electron chi connectivity index (χ1n) is 11.8. The summed E-state index contributed by atoms with van der Waals surface area (Å²) in [5, 5.41) is 22.5. The van der Waals surface area contributed by atoms with Crippen molar-refractivity contribution >= 4 is 11.6 Å². The van der Waals surface area contributed by atoms with E-state index in [1.165, 1.54) is 49.8 Å². The second kappa shape index (κ2) is 9.30. The normalized spacial score (nSPS) is 14.8. The minimum Gasteiger partial charge on any atom is -0.504 e. The van der Waals surface area contributed by atoms with Crippen molar-refractivity contribution in [3.63, 3.8) is 0 Å². The van der Waals surface area contributed by atoms with Gasteiger partial charge in [-0.05, 0) is 91.6 Å². The summed E-state index contributed by atoms with van der Waals surface area (Å²) >= 11 is 0. The van der Waals surface area contributed by atoms with Crippen molar-refractivity contribution in [1.82, 2.24) is 0 Å². The first-order valence-corrected chi connectivity index (χ1v) is 11.8. The number of anilines is 1. The molecule has 0 aliphatic heterocycles. The molecule has 1 aliphatic carbocycles. The minimum atomic E-state index is -0.891. The fraction of sp³-hybridized carbons (Fsp3) is 0.345. The molecule has 1 fully saturated rings. The molecule has 0 unspecified atom stereocenters. The van der Waals surface area contributed by atoms with E-state index in [-0.39, 0.29) is 17.4 Å². The Morgan fingerprint density at radius 1 is 0.879 bits per heavy atom. The zero-order chi connectivity index (χ0) is 23.6. The van der Waals surface area contributed by atoms with Gasteiger partial charge in [0, 0.05) is 5.69 Å². The van der Waals surface area contributed by atoms with E-state index in [1.54, 1.807) is 19.9 Å².